The zero-order valence-corrected chi connectivity index (χ0v) is 14.2. The van der Waals surface area contributed by atoms with Gasteiger partial charge in [0.1, 0.15) is 12.4 Å². The molecule has 134 valence electrons. The lowest BCUT2D eigenvalue weighted by Crippen LogP contribution is -2.36. The fourth-order valence-electron chi connectivity index (χ4n) is 2.63. The number of nitrogens with one attached hydrogen (secondary N) is 2. The van der Waals surface area contributed by atoms with Gasteiger partial charge in [0.15, 0.2) is 0 Å². The second-order valence-electron chi connectivity index (χ2n) is 6.00. The first-order valence-corrected chi connectivity index (χ1v) is 8.60. The predicted molar refractivity (Wildman–Crippen MR) is 93.4 cm³/mol. The minimum Gasteiger partial charge on any atom is -0.491 e. The number of imidazole rings is 1. The van der Waals surface area contributed by atoms with Crippen molar-refractivity contribution in [2.75, 3.05) is 19.8 Å². The maximum absolute atomic E-state index is 11.8. The minimum absolute atomic E-state index is 0.182. The Morgan fingerprint density at radius 2 is 2.20 bits per heavy atom. The molecule has 1 saturated heterocycles. The quantitative estimate of drug-likeness (QED) is 0.767. The van der Waals surface area contributed by atoms with Crippen molar-refractivity contribution in [1.82, 2.24) is 20.2 Å². The summed E-state index contributed by atoms with van der Waals surface area (Å²) in [5, 5.41) is 5.66. The molecule has 0 aliphatic carbocycles. The number of benzene rings is 1. The molecule has 0 radical (unpaired) electrons. The zero-order chi connectivity index (χ0) is 17.3. The maximum atomic E-state index is 11.8. The van der Waals surface area contributed by atoms with E-state index in [1.54, 1.807) is 12.5 Å². The van der Waals surface area contributed by atoms with Gasteiger partial charge in [0.25, 0.3) is 0 Å². The molecule has 0 spiro atoms. The van der Waals surface area contributed by atoms with Crippen LogP contribution in [0.1, 0.15) is 18.4 Å². The molecule has 1 fully saturated rings. The summed E-state index contributed by atoms with van der Waals surface area (Å²) in [7, 11) is 0. The Balaban J connectivity index is 1.32. The highest BCUT2D eigenvalue weighted by atomic mass is 16.5. The standard InChI is InChI=1S/C18H24N4O3/c23-18(20-8-10-22-9-7-19-14-22)21-12-15-3-5-16(6-4-15)25-13-17-2-1-11-24-17/h3-7,9,14,17H,1-2,8,10-13H2,(H2,20,21,23). The summed E-state index contributed by atoms with van der Waals surface area (Å²) < 4.78 is 13.2. The van der Waals surface area contributed by atoms with Gasteiger partial charge in [-0.1, -0.05) is 12.1 Å². The van der Waals surface area contributed by atoms with E-state index in [0.717, 1.165) is 30.8 Å². The number of ether oxygens (including phenoxy) is 2. The van der Waals surface area contributed by atoms with Gasteiger partial charge in [-0.3, -0.25) is 0 Å². The normalized spacial score (nSPS) is 16.6. The first-order chi connectivity index (χ1) is 12.3. The number of nitrogens with zero attached hydrogens (tertiary/aromatic N) is 2. The number of hydrogen-bond acceptors (Lipinski definition) is 4. The second-order valence-corrected chi connectivity index (χ2v) is 6.00. The van der Waals surface area contributed by atoms with Crippen LogP contribution in [0.2, 0.25) is 0 Å². The lowest BCUT2D eigenvalue weighted by molar-refractivity contribution is 0.0679. The van der Waals surface area contributed by atoms with Gasteiger partial charge < -0.3 is 24.7 Å². The van der Waals surface area contributed by atoms with Crippen LogP contribution in [0.3, 0.4) is 0 Å². The van der Waals surface area contributed by atoms with Crippen molar-refractivity contribution in [2.45, 2.75) is 32.0 Å². The van der Waals surface area contributed by atoms with Gasteiger partial charge in [0.05, 0.1) is 12.4 Å². The molecule has 1 aromatic carbocycles. The van der Waals surface area contributed by atoms with Gasteiger partial charge in [0.2, 0.25) is 0 Å². The van der Waals surface area contributed by atoms with Crippen LogP contribution in [0.15, 0.2) is 43.0 Å². The Morgan fingerprint density at radius 3 is 2.92 bits per heavy atom. The van der Waals surface area contributed by atoms with Gasteiger partial charge in [-0.25, -0.2) is 9.78 Å². The van der Waals surface area contributed by atoms with E-state index >= 15 is 0 Å². The fraction of sp³-hybridized carbons (Fsp3) is 0.444. The average Bonchev–Trinajstić information content (AvgIpc) is 3.33. The van der Waals surface area contributed by atoms with Crippen LogP contribution in [-0.2, 0) is 17.8 Å². The molecule has 1 aliphatic rings. The molecule has 2 amide bonds. The van der Waals surface area contributed by atoms with Crippen molar-refractivity contribution in [1.29, 1.82) is 0 Å². The Kier molecular flexibility index (Phi) is 6.28. The van der Waals surface area contributed by atoms with Crippen molar-refractivity contribution >= 4 is 6.03 Å². The smallest absolute Gasteiger partial charge is 0.315 e. The van der Waals surface area contributed by atoms with Gasteiger partial charge in [0, 0.05) is 38.6 Å². The van der Waals surface area contributed by atoms with Crippen LogP contribution in [0, 0.1) is 0 Å². The third kappa shape index (κ3) is 5.79. The summed E-state index contributed by atoms with van der Waals surface area (Å²) in [4.78, 5) is 15.7. The molecular formula is C18H24N4O3. The van der Waals surface area contributed by atoms with E-state index in [4.69, 9.17) is 9.47 Å². The number of amides is 2. The van der Waals surface area contributed by atoms with Crippen molar-refractivity contribution in [3.8, 4) is 5.75 Å². The van der Waals surface area contributed by atoms with E-state index in [2.05, 4.69) is 15.6 Å². The highest BCUT2D eigenvalue weighted by Crippen LogP contribution is 2.16. The molecule has 7 heteroatoms. The third-order valence-corrected chi connectivity index (χ3v) is 4.05. The molecular weight excluding hydrogens is 320 g/mol. The first kappa shape index (κ1) is 17.3. The number of carbonyl (C=O) groups excluding carboxylic acids is 1. The van der Waals surface area contributed by atoms with E-state index in [-0.39, 0.29) is 12.1 Å². The molecule has 25 heavy (non-hydrogen) atoms. The average molecular weight is 344 g/mol. The van der Waals surface area contributed by atoms with E-state index in [1.807, 2.05) is 35.0 Å². The van der Waals surface area contributed by atoms with Crippen LogP contribution in [0.4, 0.5) is 4.79 Å². The Morgan fingerprint density at radius 1 is 1.32 bits per heavy atom. The molecule has 0 bridgehead atoms. The summed E-state index contributed by atoms with van der Waals surface area (Å²) in [5.41, 5.74) is 1.02. The molecule has 1 unspecified atom stereocenters. The first-order valence-electron chi connectivity index (χ1n) is 8.60. The summed E-state index contributed by atoms with van der Waals surface area (Å²) in [6.45, 7) is 3.16. The lowest BCUT2D eigenvalue weighted by atomic mass is 10.2. The molecule has 3 rings (SSSR count). The van der Waals surface area contributed by atoms with Crippen LogP contribution in [0.25, 0.3) is 0 Å². The van der Waals surface area contributed by atoms with Gasteiger partial charge in [-0.2, -0.15) is 0 Å². The van der Waals surface area contributed by atoms with E-state index in [1.165, 1.54) is 0 Å². The van der Waals surface area contributed by atoms with E-state index in [0.29, 0.717) is 26.2 Å². The van der Waals surface area contributed by atoms with Crippen molar-refractivity contribution < 1.29 is 14.3 Å². The largest absolute Gasteiger partial charge is 0.491 e. The molecule has 1 atom stereocenters. The summed E-state index contributed by atoms with van der Waals surface area (Å²) >= 11 is 0. The number of hydrogen-bond donors (Lipinski definition) is 2. The fourth-order valence-corrected chi connectivity index (χ4v) is 2.63. The Hall–Kier alpha value is -2.54. The highest BCUT2D eigenvalue weighted by molar-refractivity contribution is 5.73. The Bertz CT molecular complexity index is 637. The topological polar surface area (TPSA) is 77.4 Å². The summed E-state index contributed by atoms with van der Waals surface area (Å²) in [6.07, 6.45) is 7.70. The summed E-state index contributed by atoms with van der Waals surface area (Å²) in [6, 6.07) is 7.57. The molecule has 1 aromatic heterocycles. The zero-order valence-electron chi connectivity index (χ0n) is 14.2. The van der Waals surface area contributed by atoms with E-state index in [9.17, 15) is 4.79 Å². The maximum Gasteiger partial charge on any atom is 0.315 e. The van der Waals surface area contributed by atoms with E-state index < -0.39 is 0 Å². The van der Waals surface area contributed by atoms with Gasteiger partial charge in [-0.15, -0.1) is 0 Å². The molecule has 2 N–H and O–H groups in total. The number of aromatic nitrogens is 2. The molecule has 0 saturated carbocycles. The SMILES string of the molecule is O=C(NCCn1ccnc1)NCc1ccc(OCC2CCCO2)cc1. The van der Waals surface area contributed by atoms with Gasteiger partial charge in [-0.05, 0) is 30.5 Å². The van der Waals surface area contributed by atoms with Gasteiger partial charge >= 0.3 is 6.03 Å². The molecule has 1 aliphatic heterocycles. The summed E-state index contributed by atoms with van der Waals surface area (Å²) in [5.74, 6) is 0.823. The second kappa shape index (κ2) is 9.08. The Labute approximate surface area is 147 Å². The third-order valence-electron chi connectivity index (χ3n) is 4.05. The number of carbonyl (C=O) groups is 1. The lowest BCUT2D eigenvalue weighted by Gasteiger charge is -2.12. The number of rotatable bonds is 8. The molecule has 7 nitrogen and oxygen atoms in total. The predicted octanol–water partition coefficient (Wildman–Crippen LogP) is 1.94. The van der Waals surface area contributed by atoms with Crippen LogP contribution >= 0.6 is 0 Å². The highest BCUT2D eigenvalue weighted by Gasteiger charge is 2.15. The van der Waals surface area contributed by atoms with Crippen LogP contribution in [-0.4, -0.2) is 41.4 Å². The van der Waals surface area contributed by atoms with Crippen LogP contribution < -0.4 is 15.4 Å². The number of urea groups is 1. The minimum atomic E-state index is -0.182. The molecule has 2 aromatic rings. The monoisotopic (exact) mass is 344 g/mol. The van der Waals surface area contributed by atoms with Crippen molar-refractivity contribution in [2.24, 2.45) is 0 Å². The van der Waals surface area contributed by atoms with Crippen molar-refractivity contribution in [3.63, 3.8) is 0 Å². The molecule has 2 heterocycles. The van der Waals surface area contributed by atoms with Crippen LogP contribution in [0.5, 0.6) is 5.75 Å². The van der Waals surface area contributed by atoms with Crippen molar-refractivity contribution in [3.05, 3.63) is 48.5 Å².